The average Bonchev–Trinajstić information content (AvgIpc) is 3.13. The van der Waals surface area contributed by atoms with E-state index in [9.17, 15) is 9.59 Å². The smallest absolute Gasteiger partial charge is 0.272 e. The van der Waals surface area contributed by atoms with Gasteiger partial charge in [-0.25, -0.2) is 4.39 Å². The van der Waals surface area contributed by atoms with Crippen LogP contribution in [0.15, 0.2) is 30.5 Å². The Balaban J connectivity index is 1.31. The third-order valence-corrected chi connectivity index (χ3v) is 7.85. The lowest BCUT2D eigenvalue weighted by atomic mass is 9.75. The van der Waals surface area contributed by atoms with Gasteiger partial charge in [-0.05, 0) is 81.2 Å². The monoisotopic (exact) mass is 536 g/mol. The van der Waals surface area contributed by atoms with E-state index in [4.69, 9.17) is 23.5 Å². The first-order valence-corrected chi connectivity index (χ1v) is 13.2. The molecule has 2 amide bonds. The Morgan fingerprint density at radius 1 is 1.26 bits per heavy atom. The van der Waals surface area contributed by atoms with E-state index in [2.05, 4.69) is 20.0 Å². The molecule has 38 heavy (non-hydrogen) atoms. The van der Waals surface area contributed by atoms with E-state index in [-0.39, 0.29) is 22.4 Å². The number of carbonyl (C=O) groups excluding carboxylic acids is 2. The molecule has 3 heterocycles. The van der Waals surface area contributed by atoms with Gasteiger partial charge in [0.05, 0.1) is 24.5 Å². The third kappa shape index (κ3) is 4.64. The van der Waals surface area contributed by atoms with Crippen molar-refractivity contribution in [1.82, 2.24) is 15.2 Å². The topological polar surface area (TPSA) is 82.4 Å². The van der Waals surface area contributed by atoms with Crippen LogP contribution in [0.4, 0.5) is 21.6 Å². The molecule has 2 aromatic rings. The molecule has 1 saturated carbocycles. The predicted octanol–water partition coefficient (Wildman–Crippen LogP) is 3.59. The van der Waals surface area contributed by atoms with Crippen molar-refractivity contribution < 1.29 is 18.7 Å². The van der Waals surface area contributed by atoms with E-state index < -0.39 is 17.3 Å². The van der Waals surface area contributed by atoms with E-state index >= 15 is 4.39 Å². The number of benzene rings is 1. The minimum atomic E-state index is -0.890. The van der Waals surface area contributed by atoms with Crippen molar-refractivity contribution in [1.29, 1.82) is 0 Å². The molecule has 3 fully saturated rings. The summed E-state index contributed by atoms with van der Waals surface area (Å²) < 4.78 is 20.6. The maximum Gasteiger partial charge on any atom is 0.272 e. The summed E-state index contributed by atoms with van der Waals surface area (Å²) in [6, 6.07) is 6.08. The molecular formula is C27H29FN6O3S. The number of hydrogen-bond donors (Lipinski definition) is 1. The molecule has 0 unspecified atom stereocenters. The van der Waals surface area contributed by atoms with Crippen molar-refractivity contribution in [3.8, 4) is 0 Å². The lowest BCUT2D eigenvalue weighted by Crippen LogP contribution is -2.55. The Labute approximate surface area is 226 Å². The lowest BCUT2D eigenvalue weighted by Gasteiger charge is -2.43. The van der Waals surface area contributed by atoms with Crippen molar-refractivity contribution in [2.75, 3.05) is 49.2 Å². The number of carbonyl (C=O) groups is 2. The summed E-state index contributed by atoms with van der Waals surface area (Å²) in [6.07, 6.45) is 4.25. The molecule has 9 nitrogen and oxygen atoms in total. The lowest BCUT2D eigenvalue weighted by molar-refractivity contribution is -0.123. The molecule has 11 heteroatoms. The van der Waals surface area contributed by atoms with Crippen LogP contribution in [0.1, 0.15) is 41.6 Å². The van der Waals surface area contributed by atoms with Gasteiger partial charge in [0.25, 0.3) is 17.6 Å². The van der Waals surface area contributed by atoms with Gasteiger partial charge >= 0.3 is 0 Å². The number of aryl methyl sites for hydroxylation is 1. The van der Waals surface area contributed by atoms with Gasteiger partial charge in [0.15, 0.2) is 5.11 Å². The van der Waals surface area contributed by atoms with E-state index in [1.54, 1.807) is 24.0 Å². The summed E-state index contributed by atoms with van der Waals surface area (Å²) in [5, 5.41) is 3.03. The van der Waals surface area contributed by atoms with Crippen molar-refractivity contribution in [3.05, 3.63) is 58.8 Å². The zero-order valence-electron chi connectivity index (χ0n) is 21.2. The molecule has 3 aliphatic rings. The molecule has 1 aromatic heterocycles. The van der Waals surface area contributed by atoms with Crippen molar-refractivity contribution >= 4 is 46.3 Å². The van der Waals surface area contributed by atoms with Crippen molar-refractivity contribution in [2.24, 2.45) is 0 Å². The SMILES string of the molecule is [C-]#[N+]c1ncc(N2C(=O)C3(CCC3)N(c3ccc(C(=O)NCCCN4CCOCC4)c(F)c3)C2=S)cc1C. The minimum absolute atomic E-state index is 0.0503. The molecular weight excluding hydrogens is 507 g/mol. The molecule has 1 aromatic carbocycles. The Hall–Kier alpha value is -3.46. The van der Waals surface area contributed by atoms with Gasteiger partial charge in [-0.2, -0.15) is 0 Å². The quantitative estimate of drug-likeness (QED) is 0.329. The molecule has 5 rings (SSSR count). The molecule has 1 aliphatic carbocycles. The third-order valence-electron chi connectivity index (χ3n) is 7.49. The standard InChI is InChI=1S/C27H29FN6O3S/c1-18-15-20(17-31-23(18)29-2)33-25(36)27(7-3-8-27)34(26(33)38)19-5-6-21(22(28)16-19)24(35)30-9-4-10-32-11-13-37-14-12-32/h5-6,15-17H,3-4,7-14H2,1H3,(H,30,35). The van der Waals surface area contributed by atoms with Crippen LogP contribution in [-0.4, -0.2) is 71.7 Å². The van der Waals surface area contributed by atoms with Crippen LogP contribution < -0.4 is 15.1 Å². The van der Waals surface area contributed by atoms with E-state index in [0.29, 0.717) is 36.3 Å². The van der Waals surface area contributed by atoms with Crippen molar-refractivity contribution in [3.63, 3.8) is 0 Å². The highest BCUT2D eigenvalue weighted by Crippen LogP contribution is 2.48. The van der Waals surface area contributed by atoms with E-state index in [0.717, 1.165) is 45.7 Å². The normalized spacial score (nSPS) is 19.0. The number of nitrogens with zero attached hydrogens (tertiary/aromatic N) is 5. The van der Waals surface area contributed by atoms with E-state index in [1.807, 2.05) is 0 Å². The number of hydrogen-bond acceptors (Lipinski definition) is 6. The largest absolute Gasteiger partial charge is 0.379 e. The summed E-state index contributed by atoms with van der Waals surface area (Å²) in [5.74, 6) is -1.07. The second kappa shape index (κ2) is 10.7. The fourth-order valence-corrected chi connectivity index (χ4v) is 5.72. The van der Waals surface area contributed by atoms with Crippen LogP contribution in [0.5, 0.6) is 0 Å². The summed E-state index contributed by atoms with van der Waals surface area (Å²) in [4.78, 5) is 39.3. The number of anilines is 2. The van der Waals surface area contributed by atoms with Crippen LogP contribution in [0, 0.1) is 19.3 Å². The Bertz CT molecular complexity index is 1320. The molecule has 0 radical (unpaired) electrons. The zero-order chi connectivity index (χ0) is 26.9. The number of aromatic nitrogens is 1. The van der Waals surface area contributed by atoms with Gasteiger partial charge in [-0.3, -0.25) is 19.4 Å². The molecule has 2 saturated heterocycles. The van der Waals surface area contributed by atoms with Gasteiger partial charge in [-0.15, -0.1) is 4.98 Å². The fraction of sp³-hybridized carbons (Fsp3) is 0.444. The van der Waals surface area contributed by atoms with Crippen LogP contribution >= 0.6 is 12.2 Å². The number of morpholine rings is 1. The van der Waals surface area contributed by atoms with Crippen LogP contribution in [0.25, 0.3) is 4.85 Å². The summed E-state index contributed by atoms with van der Waals surface area (Å²) in [6.45, 7) is 13.5. The van der Waals surface area contributed by atoms with E-state index in [1.165, 1.54) is 23.2 Å². The van der Waals surface area contributed by atoms with Crippen LogP contribution in [0.3, 0.4) is 0 Å². The fourth-order valence-electron chi connectivity index (χ4n) is 5.25. The highest BCUT2D eigenvalue weighted by atomic mass is 32.1. The van der Waals surface area contributed by atoms with Gasteiger partial charge in [-0.1, -0.05) is 6.57 Å². The van der Waals surface area contributed by atoms with Gasteiger partial charge in [0.2, 0.25) is 0 Å². The molecule has 0 atom stereocenters. The minimum Gasteiger partial charge on any atom is -0.379 e. The number of nitrogens with one attached hydrogen (secondary N) is 1. The number of amides is 2. The summed E-state index contributed by atoms with van der Waals surface area (Å²) >= 11 is 5.74. The number of pyridine rings is 1. The maximum atomic E-state index is 15.2. The summed E-state index contributed by atoms with van der Waals surface area (Å²) in [7, 11) is 0. The maximum absolute atomic E-state index is 15.2. The summed E-state index contributed by atoms with van der Waals surface area (Å²) in [5.41, 5.74) is 0.604. The number of ether oxygens (including phenoxy) is 1. The molecule has 1 spiro atoms. The van der Waals surface area contributed by atoms with Crippen LogP contribution in [-0.2, 0) is 9.53 Å². The first-order valence-electron chi connectivity index (χ1n) is 12.8. The molecule has 1 N–H and O–H groups in total. The highest BCUT2D eigenvalue weighted by molar-refractivity contribution is 7.81. The highest BCUT2D eigenvalue weighted by Gasteiger charge is 2.59. The average molecular weight is 537 g/mol. The van der Waals surface area contributed by atoms with Gasteiger partial charge in [0.1, 0.15) is 17.6 Å². The molecule has 0 bridgehead atoms. The first kappa shape index (κ1) is 26.2. The Morgan fingerprint density at radius 2 is 2.03 bits per heavy atom. The zero-order valence-corrected chi connectivity index (χ0v) is 22.0. The Morgan fingerprint density at radius 3 is 2.66 bits per heavy atom. The second-order valence-corrected chi connectivity index (χ2v) is 10.2. The molecule has 2 aliphatic heterocycles. The first-order chi connectivity index (χ1) is 18.4. The Kier molecular flexibility index (Phi) is 7.38. The second-order valence-electron chi connectivity index (χ2n) is 9.82. The van der Waals surface area contributed by atoms with Gasteiger partial charge in [0, 0.05) is 25.3 Å². The predicted molar refractivity (Wildman–Crippen MR) is 145 cm³/mol. The molecule has 198 valence electrons. The van der Waals surface area contributed by atoms with Crippen molar-refractivity contribution in [2.45, 2.75) is 38.1 Å². The number of halogens is 1. The van der Waals surface area contributed by atoms with Gasteiger partial charge < -0.3 is 19.8 Å². The number of thiocarbonyl (C=S) groups is 1. The van der Waals surface area contributed by atoms with Crippen LogP contribution in [0.2, 0.25) is 0 Å². The number of rotatable bonds is 7.